The van der Waals surface area contributed by atoms with E-state index in [2.05, 4.69) is 6.58 Å². The number of rotatable bonds is 4. The Morgan fingerprint density at radius 1 is 1.38 bits per heavy atom. The SMILES string of the molecule is C=CCCCC=CN. The first kappa shape index (κ1) is 7.28. The number of nitrogens with two attached hydrogens (primary N) is 1. The molecule has 0 fully saturated rings. The molecule has 0 saturated carbocycles. The Morgan fingerprint density at radius 2 is 2.12 bits per heavy atom. The van der Waals surface area contributed by atoms with Crippen LogP contribution in [0.15, 0.2) is 24.9 Å². The number of hydrogen-bond acceptors (Lipinski definition) is 1. The molecule has 0 aliphatic carbocycles. The molecule has 0 aromatic carbocycles. The van der Waals surface area contributed by atoms with Crippen LogP contribution in [-0.4, -0.2) is 0 Å². The van der Waals surface area contributed by atoms with Gasteiger partial charge in [-0.25, -0.2) is 0 Å². The Kier molecular flexibility index (Phi) is 5.71. The first-order chi connectivity index (χ1) is 3.91. The summed E-state index contributed by atoms with van der Waals surface area (Å²) in [6.07, 6.45) is 8.79. The molecule has 0 atom stereocenters. The van der Waals surface area contributed by atoms with Crippen LogP contribution in [0.25, 0.3) is 0 Å². The second-order valence-electron chi connectivity index (χ2n) is 1.65. The average molecular weight is 111 g/mol. The second kappa shape index (κ2) is 6.28. The molecule has 0 aromatic rings. The summed E-state index contributed by atoms with van der Waals surface area (Å²) in [7, 11) is 0. The van der Waals surface area contributed by atoms with E-state index in [1.54, 1.807) is 6.20 Å². The van der Waals surface area contributed by atoms with Crippen LogP contribution in [0.2, 0.25) is 0 Å². The van der Waals surface area contributed by atoms with Crippen LogP contribution in [0.1, 0.15) is 19.3 Å². The minimum absolute atomic E-state index is 1.07. The van der Waals surface area contributed by atoms with Gasteiger partial charge in [-0.15, -0.1) is 6.58 Å². The lowest BCUT2D eigenvalue weighted by Gasteiger charge is -1.85. The fourth-order valence-corrected chi connectivity index (χ4v) is 0.476. The summed E-state index contributed by atoms with van der Waals surface area (Å²) in [5, 5.41) is 0. The maximum absolute atomic E-state index is 5.10. The van der Waals surface area contributed by atoms with Gasteiger partial charge in [-0.2, -0.15) is 0 Å². The van der Waals surface area contributed by atoms with E-state index >= 15 is 0 Å². The molecule has 0 aliphatic rings. The van der Waals surface area contributed by atoms with Gasteiger partial charge in [0.1, 0.15) is 0 Å². The number of unbranched alkanes of at least 4 members (excludes halogenated alkanes) is 2. The average Bonchev–Trinajstić information content (AvgIpc) is 1.81. The van der Waals surface area contributed by atoms with Crippen molar-refractivity contribution in [3.8, 4) is 0 Å². The molecule has 8 heavy (non-hydrogen) atoms. The van der Waals surface area contributed by atoms with Crippen LogP contribution in [0, 0.1) is 0 Å². The molecule has 0 radical (unpaired) electrons. The summed E-state index contributed by atoms with van der Waals surface area (Å²) in [5.41, 5.74) is 5.10. The smallest absolute Gasteiger partial charge is 0.0103 e. The van der Waals surface area contributed by atoms with E-state index in [9.17, 15) is 0 Å². The van der Waals surface area contributed by atoms with E-state index in [0.717, 1.165) is 19.3 Å². The second-order valence-corrected chi connectivity index (χ2v) is 1.65. The van der Waals surface area contributed by atoms with E-state index in [-0.39, 0.29) is 0 Å². The lowest BCUT2D eigenvalue weighted by Crippen LogP contribution is -1.75. The van der Waals surface area contributed by atoms with Crippen molar-refractivity contribution in [3.63, 3.8) is 0 Å². The van der Waals surface area contributed by atoms with Crippen LogP contribution in [-0.2, 0) is 0 Å². The van der Waals surface area contributed by atoms with Crippen LogP contribution in [0.3, 0.4) is 0 Å². The first-order valence-corrected chi connectivity index (χ1v) is 2.89. The van der Waals surface area contributed by atoms with Gasteiger partial charge in [0, 0.05) is 0 Å². The highest BCUT2D eigenvalue weighted by atomic mass is 14.5. The highest BCUT2D eigenvalue weighted by Crippen LogP contribution is 1.94. The van der Waals surface area contributed by atoms with Crippen molar-refractivity contribution in [2.45, 2.75) is 19.3 Å². The molecule has 0 aliphatic heterocycles. The van der Waals surface area contributed by atoms with E-state index in [1.807, 2.05) is 12.2 Å². The van der Waals surface area contributed by atoms with Crippen molar-refractivity contribution in [3.05, 3.63) is 24.9 Å². The lowest BCUT2D eigenvalue weighted by molar-refractivity contribution is 0.868. The van der Waals surface area contributed by atoms with Crippen LogP contribution in [0.4, 0.5) is 0 Å². The van der Waals surface area contributed by atoms with Gasteiger partial charge in [-0.3, -0.25) is 0 Å². The normalized spacial score (nSPS) is 10.0. The number of allylic oxidation sites excluding steroid dienone is 2. The predicted molar refractivity (Wildman–Crippen MR) is 37.4 cm³/mol. The van der Waals surface area contributed by atoms with Crippen molar-refractivity contribution >= 4 is 0 Å². The first-order valence-electron chi connectivity index (χ1n) is 2.89. The molecule has 1 nitrogen and oxygen atoms in total. The zero-order valence-electron chi connectivity index (χ0n) is 5.14. The third kappa shape index (κ3) is 5.28. The van der Waals surface area contributed by atoms with E-state index < -0.39 is 0 Å². The van der Waals surface area contributed by atoms with Crippen LogP contribution in [0.5, 0.6) is 0 Å². The Labute approximate surface area is 50.9 Å². The van der Waals surface area contributed by atoms with Gasteiger partial charge >= 0.3 is 0 Å². The van der Waals surface area contributed by atoms with E-state index in [0.29, 0.717) is 0 Å². The standard InChI is InChI=1S/C7H13N/c1-2-3-4-5-6-7-8/h2,6-7H,1,3-5,8H2. The topological polar surface area (TPSA) is 26.0 Å². The summed E-state index contributed by atoms with van der Waals surface area (Å²) in [4.78, 5) is 0. The van der Waals surface area contributed by atoms with Gasteiger partial charge in [0.05, 0.1) is 0 Å². The largest absolute Gasteiger partial charge is 0.405 e. The Bertz CT molecular complexity index is 74.5. The van der Waals surface area contributed by atoms with Crippen LogP contribution < -0.4 is 5.73 Å². The molecule has 0 aromatic heterocycles. The van der Waals surface area contributed by atoms with Gasteiger partial charge < -0.3 is 5.73 Å². The minimum atomic E-state index is 1.07. The third-order valence-electron chi connectivity index (χ3n) is 0.915. The summed E-state index contributed by atoms with van der Waals surface area (Å²) < 4.78 is 0. The molecule has 0 unspecified atom stereocenters. The molecule has 2 N–H and O–H groups in total. The summed E-state index contributed by atoms with van der Waals surface area (Å²) in [5.74, 6) is 0. The Balaban J connectivity index is 2.82. The number of hydrogen-bond donors (Lipinski definition) is 1. The molecule has 0 rings (SSSR count). The molecule has 46 valence electrons. The van der Waals surface area contributed by atoms with Gasteiger partial charge in [0.25, 0.3) is 0 Å². The highest BCUT2D eigenvalue weighted by Gasteiger charge is 1.75. The Morgan fingerprint density at radius 3 is 2.62 bits per heavy atom. The molecular formula is C7H13N. The summed E-state index contributed by atoms with van der Waals surface area (Å²) in [6, 6.07) is 0. The van der Waals surface area contributed by atoms with Crippen molar-refractivity contribution < 1.29 is 0 Å². The van der Waals surface area contributed by atoms with Gasteiger partial charge in [-0.05, 0) is 25.5 Å². The maximum Gasteiger partial charge on any atom is -0.0103 e. The zero-order valence-corrected chi connectivity index (χ0v) is 5.14. The van der Waals surface area contributed by atoms with E-state index in [4.69, 9.17) is 5.73 Å². The maximum atomic E-state index is 5.10. The van der Waals surface area contributed by atoms with Gasteiger partial charge in [0.15, 0.2) is 0 Å². The summed E-state index contributed by atoms with van der Waals surface area (Å²) >= 11 is 0. The molecule has 0 bridgehead atoms. The molecule has 0 amide bonds. The molecule has 0 heterocycles. The predicted octanol–water partition coefficient (Wildman–Crippen LogP) is 1.82. The van der Waals surface area contributed by atoms with Gasteiger partial charge in [-0.1, -0.05) is 12.2 Å². The van der Waals surface area contributed by atoms with Gasteiger partial charge in [0.2, 0.25) is 0 Å². The lowest BCUT2D eigenvalue weighted by atomic mass is 10.2. The monoisotopic (exact) mass is 111 g/mol. The van der Waals surface area contributed by atoms with Crippen LogP contribution >= 0.6 is 0 Å². The zero-order chi connectivity index (χ0) is 6.24. The fourth-order valence-electron chi connectivity index (χ4n) is 0.476. The molecule has 0 saturated heterocycles. The van der Waals surface area contributed by atoms with E-state index in [1.165, 1.54) is 0 Å². The van der Waals surface area contributed by atoms with Crippen molar-refractivity contribution in [2.24, 2.45) is 5.73 Å². The summed E-state index contributed by atoms with van der Waals surface area (Å²) in [6.45, 7) is 3.60. The Hall–Kier alpha value is -0.720. The molecular weight excluding hydrogens is 98.1 g/mol. The highest BCUT2D eigenvalue weighted by molar-refractivity contribution is 4.77. The van der Waals surface area contributed by atoms with Crippen molar-refractivity contribution in [1.82, 2.24) is 0 Å². The van der Waals surface area contributed by atoms with Crippen molar-refractivity contribution in [1.29, 1.82) is 0 Å². The minimum Gasteiger partial charge on any atom is -0.405 e. The molecule has 1 heteroatoms. The quantitative estimate of drug-likeness (QED) is 0.434. The fraction of sp³-hybridized carbons (Fsp3) is 0.429. The molecule has 0 spiro atoms. The third-order valence-corrected chi connectivity index (χ3v) is 0.915. The van der Waals surface area contributed by atoms with Crippen molar-refractivity contribution in [2.75, 3.05) is 0 Å².